The fourth-order valence-corrected chi connectivity index (χ4v) is 2.55. The fourth-order valence-electron chi connectivity index (χ4n) is 2.55. The summed E-state index contributed by atoms with van der Waals surface area (Å²) in [7, 11) is 0. The number of benzene rings is 2. The minimum absolute atomic E-state index is 0.0401. The van der Waals surface area contributed by atoms with Crippen LogP contribution >= 0.6 is 0 Å². The maximum absolute atomic E-state index is 12.3. The van der Waals surface area contributed by atoms with Gasteiger partial charge < -0.3 is 9.88 Å². The minimum atomic E-state index is -0.0401. The molecule has 4 heteroatoms. The average Bonchev–Trinajstić information content (AvgIpc) is 2.87. The summed E-state index contributed by atoms with van der Waals surface area (Å²) in [6, 6.07) is 15.7. The normalized spacial score (nSPS) is 10.8. The van der Waals surface area contributed by atoms with Crippen LogP contribution in [-0.2, 0) is 17.8 Å². The number of carbonyl (C=O) groups excluding carboxylic acids is 1. The van der Waals surface area contributed by atoms with Crippen molar-refractivity contribution in [1.82, 2.24) is 9.55 Å². The van der Waals surface area contributed by atoms with Crippen LogP contribution in [0.25, 0.3) is 11.0 Å². The lowest BCUT2D eigenvalue weighted by molar-refractivity contribution is -0.116. The first-order valence-corrected chi connectivity index (χ1v) is 7.48. The Morgan fingerprint density at radius 2 is 1.86 bits per heavy atom. The molecule has 1 aromatic heterocycles. The van der Waals surface area contributed by atoms with Crippen LogP contribution in [0.1, 0.15) is 18.3 Å². The molecule has 22 heavy (non-hydrogen) atoms. The van der Waals surface area contributed by atoms with Crippen LogP contribution in [0.3, 0.4) is 0 Å². The SMILES string of the molecule is CCc1nc2ccccc2n1CC(=O)Nc1ccc(C)cc1. The molecule has 0 spiro atoms. The average molecular weight is 293 g/mol. The lowest BCUT2D eigenvalue weighted by Gasteiger charge is -2.09. The molecule has 0 saturated heterocycles. The molecule has 3 aromatic rings. The second-order valence-corrected chi connectivity index (χ2v) is 5.37. The summed E-state index contributed by atoms with van der Waals surface area (Å²) in [4.78, 5) is 16.9. The molecule has 1 amide bonds. The summed E-state index contributed by atoms with van der Waals surface area (Å²) in [5.41, 5.74) is 3.92. The van der Waals surface area contributed by atoms with E-state index >= 15 is 0 Å². The number of hydrogen-bond donors (Lipinski definition) is 1. The molecule has 112 valence electrons. The number of aryl methyl sites for hydroxylation is 2. The summed E-state index contributed by atoms with van der Waals surface area (Å²) in [6.45, 7) is 4.35. The smallest absolute Gasteiger partial charge is 0.244 e. The van der Waals surface area contributed by atoms with E-state index in [0.29, 0.717) is 0 Å². The zero-order chi connectivity index (χ0) is 15.5. The number of aromatic nitrogens is 2. The highest BCUT2D eigenvalue weighted by Crippen LogP contribution is 2.17. The van der Waals surface area contributed by atoms with Crippen molar-refractivity contribution in [1.29, 1.82) is 0 Å². The molecule has 1 heterocycles. The van der Waals surface area contributed by atoms with Crippen LogP contribution in [0.4, 0.5) is 5.69 Å². The number of para-hydroxylation sites is 2. The topological polar surface area (TPSA) is 46.9 Å². The number of fused-ring (bicyclic) bond motifs is 1. The number of carbonyl (C=O) groups is 1. The van der Waals surface area contributed by atoms with Crippen LogP contribution in [0.15, 0.2) is 48.5 Å². The third-order valence-electron chi connectivity index (χ3n) is 3.69. The number of anilines is 1. The maximum atomic E-state index is 12.3. The van der Waals surface area contributed by atoms with Crippen molar-refractivity contribution in [2.45, 2.75) is 26.8 Å². The fraction of sp³-hybridized carbons (Fsp3) is 0.222. The van der Waals surface area contributed by atoms with E-state index < -0.39 is 0 Å². The second kappa shape index (κ2) is 6.02. The predicted octanol–water partition coefficient (Wildman–Crippen LogP) is 3.55. The molecule has 0 fully saturated rings. The van der Waals surface area contributed by atoms with Gasteiger partial charge in [-0.05, 0) is 31.2 Å². The number of imidazole rings is 1. The lowest BCUT2D eigenvalue weighted by Crippen LogP contribution is -2.20. The number of rotatable bonds is 4. The van der Waals surface area contributed by atoms with Crippen molar-refractivity contribution in [2.75, 3.05) is 5.32 Å². The summed E-state index contributed by atoms with van der Waals surface area (Å²) < 4.78 is 1.98. The van der Waals surface area contributed by atoms with Gasteiger partial charge in [0.1, 0.15) is 12.4 Å². The van der Waals surface area contributed by atoms with Gasteiger partial charge in [-0.1, -0.05) is 36.8 Å². The van der Waals surface area contributed by atoms with Gasteiger partial charge in [-0.15, -0.1) is 0 Å². The van der Waals surface area contributed by atoms with E-state index in [4.69, 9.17) is 0 Å². The largest absolute Gasteiger partial charge is 0.325 e. The van der Waals surface area contributed by atoms with Crippen LogP contribution in [0.5, 0.6) is 0 Å². The Morgan fingerprint density at radius 1 is 1.14 bits per heavy atom. The Balaban J connectivity index is 1.83. The maximum Gasteiger partial charge on any atom is 0.244 e. The zero-order valence-corrected chi connectivity index (χ0v) is 12.8. The van der Waals surface area contributed by atoms with Crippen molar-refractivity contribution in [2.24, 2.45) is 0 Å². The molecule has 3 rings (SSSR count). The molecule has 0 aliphatic carbocycles. The quantitative estimate of drug-likeness (QED) is 0.799. The summed E-state index contributed by atoms with van der Waals surface area (Å²) in [6.07, 6.45) is 0.798. The van der Waals surface area contributed by atoms with Gasteiger partial charge in [0.2, 0.25) is 5.91 Å². The van der Waals surface area contributed by atoms with Crippen molar-refractivity contribution >= 4 is 22.6 Å². The minimum Gasteiger partial charge on any atom is -0.325 e. The number of nitrogens with zero attached hydrogens (tertiary/aromatic N) is 2. The summed E-state index contributed by atoms with van der Waals surface area (Å²) >= 11 is 0. The first-order chi connectivity index (χ1) is 10.7. The third-order valence-corrected chi connectivity index (χ3v) is 3.69. The Hall–Kier alpha value is -2.62. The highest BCUT2D eigenvalue weighted by Gasteiger charge is 2.12. The van der Waals surface area contributed by atoms with E-state index in [-0.39, 0.29) is 12.5 Å². The molecule has 0 saturated carbocycles. The lowest BCUT2D eigenvalue weighted by atomic mass is 10.2. The van der Waals surface area contributed by atoms with E-state index in [1.54, 1.807) is 0 Å². The van der Waals surface area contributed by atoms with Gasteiger partial charge in [-0.25, -0.2) is 4.98 Å². The molecule has 0 bridgehead atoms. The Morgan fingerprint density at radius 3 is 2.59 bits per heavy atom. The first kappa shape index (κ1) is 14.3. The van der Waals surface area contributed by atoms with Crippen molar-refractivity contribution in [3.05, 3.63) is 59.9 Å². The van der Waals surface area contributed by atoms with Gasteiger partial charge in [0, 0.05) is 12.1 Å². The Bertz CT molecular complexity index is 803. The highest BCUT2D eigenvalue weighted by molar-refractivity contribution is 5.91. The molecule has 4 nitrogen and oxygen atoms in total. The van der Waals surface area contributed by atoms with Gasteiger partial charge in [-0.3, -0.25) is 4.79 Å². The molecule has 2 aromatic carbocycles. The molecule has 0 radical (unpaired) electrons. The molecule has 1 N–H and O–H groups in total. The molecule has 0 aliphatic rings. The number of amides is 1. The summed E-state index contributed by atoms with van der Waals surface area (Å²) in [5, 5.41) is 2.94. The van der Waals surface area contributed by atoms with E-state index in [9.17, 15) is 4.79 Å². The third kappa shape index (κ3) is 2.86. The van der Waals surface area contributed by atoms with Crippen LogP contribution in [-0.4, -0.2) is 15.5 Å². The molecular formula is C18H19N3O. The predicted molar refractivity (Wildman–Crippen MR) is 88.9 cm³/mol. The van der Waals surface area contributed by atoms with Gasteiger partial charge in [-0.2, -0.15) is 0 Å². The van der Waals surface area contributed by atoms with Gasteiger partial charge >= 0.3 is 0 Å². The second-order valence-electron chi connectivity index (χ2n) is 5.37. The number of hydrogen-bond acceptors (Lipinski definition) is 2. The zero-order valence-electron chi connectivity index (χ0n) is 12.8. The van der Waals surface area contributed by atoms with Crippen molar-refractivity contribution in [3.63, 3.8) is 0 Å². The van der Waals surface area contributed by atoms with Crippen LogP contribution in [0, 0.1) is 6.92 Å². The van der Waals surface area contributed by atoms with Gasteiger partial charge in [0.05, 0.1) is 11.0 Å². The van der Waals surface area contributed by atoms with Crippen LogP contribution in [0.2, 0.25) is 0 Å². The van der Waals surface area contributed by atoms with Gasteiger partial charge in [0.15, 0.2) is 0 Å². The Kier molecular flexibility index (Phi) is 3.92. The monoisotopic (exact) mass is 293 g/mol. The van der Waals surface area contributed by atoms with E-state index in [1.165, 1.54) is 5.56 Å². The standard InChI is InChI=1S/C18H19N3O/c1-3-17-20-15-6-4-5-7-16(15)21(17)12-18(22)19-14-10-8-13(2)9-11-14/h4-11H,3,12H2,1-2H3,(H,19,22). The molecule has 0 unspecified atom stereocenters. The molecular weight excluding hydrogens is 274 g/mol. The highest BCUT2D eigenvalue weighted by atomic mass is 16.1. The van der Waals surface area contributed by atoms with Crippen molar-refractivity contribution in [3.8, 4) is 0 Å². The Labute approximate surface area is 129 Å². The van der Waals surface area contributed by atoms with E-state index in [0.717, 1.165) is 29.0 Å². The van der Waals surface area contributed by atoms with Gasteiger partial charge in [0.25, 0.3) is 0 Å². The first-order valence-electron chi connectivity index (χ1n) is 7.48. The van der Waals surface area contributed by atoms with E-state index in [1.807, 2.05) is 60.0 Å². The molecule has 0 atom stereocenters. The van der Waals surface area contributed by atoms with Crippen molar-refractivity contribution < 1.29 is 4.79 Å². The molecule has 0 aliphatic heterocycles. The number of nitrogens with one attached hydrogen (secondary N) is 1. The van der Waals surface area contributed by atoms with E-state index in [2.05, 4.69) is 17.2 Å². The summed E-state index contributed by atoms with van der Waals surface area (Å²) in [5.74, 6) is 0.891. The van der Waals surface area contributed by atoms with Crippen LogP contribution < -0.4 is 5.32 Å².